The van der Waals surface area contributed by atoms with Gasteiger partial charge in [-0.3, -0.25) is 4.79 Å². The molecule has 0 aliphatic carbocycles. The third-order valence-electron chi connectivity index (χ3n) is 6.76. The van der Waals surface area contributed by atoms with Crippen LogP contribution in [0.1, 0.15) is 42.9 Å². The number of halogens is 2. The van der Waals surface area contributed by atoms with Crippen molar-refractivity contribution in [2.75, 3.05) is 13.1 Å². The Labute approximate surface area is 209 Å². The first-order valence-electron chi connectivity index (χ1n) is 11.8. The number of carbonyl (C=O) groups excluding carboxylic acids is 1. The lowest BCUT2D eigenvalue weighted by Crippen LogP contribution is -2.46. The summed E-state index contributed by atoms with van der Waals surface area (Å²) in [5.41, 5.74) is 2.43. The maximum Gasteiger partial charge on any atom is 0.268 e. The number of aromatic nitrogens is 2. The van der Waals surface area contributed by atoms with E-state index in [1.165, 1.54) is 0 Å². The van der Waals surface area contributed by atoms with Gasteiger partial charge in [0.1, 0.15) is 10.8 Å². The van der Waals surface area contributed by atoms with Crippen LogP contribution in [-0.2, 0) is 6.54 Å². The highest BCUT2D eigenvalue weighted by Crippen LogP contribution is 2.28. The molecule has 3 heterocycles. The molecule has 7 heteroatoms. The van der Waals surface area contributed by atoms with Gasteiger partial charge in [0.05, 0.1) is 12.2 Å². The Bertz CT molecular complexity index is 1360. The Balaban J connectivity index is 1.44. The van der Waals surface area contributed by atoms with E-state index in [1.807, 2.05) is 59.2 Å². The van der Waals surface area contributed by atoms with Crippen LogP contribution in [-0.4, -0.2) is 45.5 Å². The average molecular weight is 495 g/mol. The van der Waals surface area contributed by atoms with E-state index in [1.54, 1.807) is 0 Å². The first-order valence-corrected chi connectivity index (χ1v) is 12.5. The summed E-state index contributed by atoms with van der Waals surface area (Å²) in [6.45, 7) is 6.91. The summed E-state index contributed by atoms with van der Waals surface area (Å²) in [6.07, 6.45) is 1.93. The molecule has 5 nitrogen and oxygen atoms in total. The number of carbonyl (C=O) groups is 1. The molecule has 0 radical (unpaired) electrons. The maximum atomic E-state index is 13.4. The van der Waals surface area contributed by atoms with Crippen LogP contribution in [0.3, 0.4) is 0 Å². The van der Waals surface area contributed by atoms with Gasteiger partial charge in [-0.15, -0.1) is 0 Å². The molecule has 4 aromatic rings. The predicted octanol–water partition coefficient (Wildman–Crippen LogP) is 6.15. The van der Waals surface area contributed by atoms with E-state index in [9.17, 15) is 4.79 Å². The van der Waals surface area contributed by atoms with Gasteiger partial charge in [0.25, 0.3) is 5.91 Å². The zero-order chi connectivity index (χ0) is 23.8. The number of hydrogen-bond donors (Lipinski definition) is 1. The minimum absolute atomic E-state index is 0.0436. The van der Waals surface area contributed by atoms with Crippen LogP contribution in [0.5, 0.6) is 0 Å². The summed E-state index contributed by atoms with van der Waals surface area (Å²) in [6, 6.07) is 18.4. The fraction of sp³-hybridized carbons (Fsp3) is 0.333. The second kappa shape index (κ2) is 9.57. The van der Waals surface area contributed by atoms with Crippen LogP contribution in [0.4, 0.5) is 0 Å². The quantitative estimate of drug-likeness (QED) is 0.338. The van der Waals surface area contributed by atoms with Gasteiger partial charge in [0.15, 0.2) is 0 Å². The molecule has 1 saturated heterocycles. The minimum atomic E-state index is -0.0436. The molecule has 34 heavy (non-hydrogen) atoms. The van der Waals surface area contributed by atoms with Crippen molar-refractivity contribution in [1.29, 1.82) is 0 Å². The summed E-state index contributed by atoms with van der Waals surface area (Å²) in [5, 5.41) is 7.14. The number of para-hydroxylation sites is 1. The lowest BCUT2D eigenvalue weighted by atomic mass is 10.0. The van der Waals surface area contributed by atoms with Crippen LogP contribution in [0, 0.1) is 0 Å². The number of likely N-dealkylation sites (tertiary alicyclic amines) is 1. The second-order valence-electron chi connectivity index (χ2n) is 9.32. The molecule has 2 aromatic heterocycles. The monoisotopic (exact) mass is 494 g/mol. The van der Waals surface area contributed by atoms with Crippen LogP contribution in [0.25, 0.3) is 21.7 Å². The summed E-state index contributed by atoms with van der Waals surface area (Å²) in [7, 11) is 0. The van der Waals surface area contributed by atoms with Crippen molar-refractivity contribution < 1.29 is 4.79 Å². The molecule has 2 aromatic carbocycles. The molecule has 0 spiro atoms. The average Bonchev–Trinajstić information content (AvgIpc) is 3.18. The van der Waals surface area contributed by atoms with Crippen molar-refractivity contribution >= 4 is 50.8 Å². The smallest absolute Gasteiger partial charge is 0.268 e. The van der Waals surface area contributed by atoms with E-state index in [-0.39, 0.29) is 11.9 Å². The van der Waals surface area contributed by atoms with Gasteiger partial charge in [-0.05, 0) is 62.4 Å². The predicted molar refractivity (Wildman–Crippen MR) is 140 cm³/mol. The third-order valence-corrected chi connectivity index (χ3v) is 7.28. The number of rotatable bonds is 5. The molecular formula is C27H28Cl2N4O. The van der Waals surface area contributed by atoms with Crippen molar-refractivity contribution in [2.45, 2.75) is 45.3 Å². The minimum Gasteiger partial charge on any atom is -0.348 e. The molecule has 1 aliphatic rings. The van der Waals surface area contributed by atoms with Crippen molar-refractivity contribution in [3.63, 3.8) is 0 Å². The summed E-state index contributed by atoms with van der Waals surface area (Å²) >= 11 is 12.6. The SMILES string of the molecule is CC(C)N1CCC(NC(=O)c2cc3ccccc3n2Cc2cc3ccc(Cl)cc3c(Cl)n2)CC1. The zero-order valence-electron chi connectivity index (χ0n) is 19.4. The van der Waals surface area contributed by atoms with E-state index in [0.29, 0.717) is 28.5 Å². The van der Waals surface area contributed by atoms with E-state index >= 15 is 0 Å². The number of pyridine rings is 1. The Kier molecular flexibility index (Phi) is 6.52. The topological polar surface area (TPSA) is 50.2 Å². The van der Waals surface area contributed by atoms with Gasteiger partial charge < -0.3 is 14.8 Å². The maximum absolute atomic E-state index is 13.4. The van der Waals surface area contributed by atoms with Crippen LogP contribution < -0.4 is 5.32 Å². The molecule has 0 bridgehead atoms. The number of nitrogens with zero attached hydrogens (tertiary/aromatic N) is 3. The Morgan fingerprint density at radius 3 is 2.59 bits per heavy atom. The molecule has 1 amide bonds. The van der Waals surface area contributed by atoms with Gasteiger partial charge in [-0.25, -0.2) is 4.98 Å². The van der Waals surface area contributed by atoms with E-state index in [2.05, 4.69) is 29.0 Å². The number of amides is 1. The first-order chi connectivity index (χ1) is 16.4. The van der Waals surface area contributed by atoms with Crippen molar-refractivity contribution in [2.24, 2.45) is 0 Å². The van der Waals surface area contributed by atoms with Crippen molar-refractivity contribution in [3.8, 4) is 0 Å². The lowest BCUT2D eigenvalue weighted by molar-refractivity contribution is 0.0892. The molecule has 1 fully saturated rings. The highest BCUT2D eigenvalue weighted by molar-refractivity contribution is 6.36. The largest absolute Gasteiger partial charge is 0.348 e. The van der Waals surface area contributed by atoms with Gasteiger partial charge in [0.2, 0.25) is 0 Å². The lowest BCUT2D eigenvalue weighted by Gasteiger charge is -2.34. The molecule has 176 valence electrons. The number of piperidine rings is 1. The van der Waals surface area contributed by atoms with E-state index < -0.39 is 0 Å². The molecule has 0 saturated carbocycles. The van der Waals surface area contributed by atoms with Crippen LogP contribution >= 0.6 is 23.2 Å². The van der Waals surface area contributed by atoms with Crippen LogP contribution in [0.15, 0.2) is 54.6 Å². The molecule has 0 unspecified atom stereocenters. The molecule has 0 atom stereocenters. The van der Waals surface area contributed by atoms with Crippen molar-refractivity contribution in [3.05, 3.63) is 76.2 Å². The zero-order valence-corrected chi connectivity index (χ0v) is 20.9. The third kappa shape index (κ3) is 4.65. The molecular weight excluding hydrogens is 467 g/mol. The number of hydrogen-bond acceptors (Lipinski definition) is 3. The fourth-order valence-electron chi connectivity index (χ4n) is 4.86. The number of benzene rings is 2. The number of fused-ring (bicyclic) bond motifs is 2. The molecule has 1 aliphatic heterocycles. The second-order valence-corrected chi connectivity index (χ2v) is 10.1. The molecule has 1 N–H and O–H groups in total. The van der Waals surface area contributed by atoms with Gasteiger partial charge in [0, 0.05) is 46.5 Å². The Hall–Kier alpha value is -2.60. The van der Waals surface area contributed by atoms with Gasteiger partial charge in [-0.1, -0.05) is 47.5 Å². The van der Waals surface area contributed by atoms with E-state index in [0.717, 1.165) is 53.3 Å². The normalized spacial score (nSPS) is 15.4. The highest BCUT2D eigenvalue weighted by Gasteiger charge is 2.24. The first kappa shape index (κ1) is 23.2. The van der Waals surface area contributed by atoms with E-state index in [4.69, 9.17) is 23.2 Å². The summed E-state index contributed by atoms with van der Waals surface area (Å²) in [5.74, 6) is -0.0436. The Morgan fingerprint density at radius 1 is 1.06 bits per heavy atom. The summed E-state index contributed by atoms with van der Waals surface area (Å²) in [4.78, 5) is 20.5. The standard InChI is InChI=1S/C27H28Cl2N4O/c1-17(2)32-11-9-21(10-12-32)31-27(34)25-14-19-5-3-4-6-24(19)33(25)16-22-13-18-7-8-20(28)15-23(18)26(29)30-22/h3-8,13-15,17,21H,9-12,16H2,1-2H3,(H,31,34). The number of nitrogens with one attached hydrogen (secondary N) is 1. The molecule has 5 rings (SSSR count). The van der Waals surface area contributed by atoms with Crippen LogP contribution in [0.2, 0.25) is 10.2 Å². The van der Waals surface area contributed by atoms with Crippen molar-refractivity contribution in [1.82, 2.24) is 19.8 Å². The van der Waals surface area contributed by atoms with Gasteiger partial charge >= 0.3 is 0 Å². The van der Waals surface area contributed by atoms with Gasteiger partial charge in [-0.2, -0.15) is 0 Å². The fourth-order valence-corrected chi connectivity index (χ4v) is 5.31. The summed E-state index contributed by atoms with van der Waals surface area (Å²) < 4.78 is 2.04. The Morgan fingerprint density at radius 2 is 1.82 bits per heavy atom. The highest BCUT2D eigenvalue weighted by atomic mass is 35.5.